The molecule has 0 saturated carbocycles. The number of carboxylic acids is 1. The molecular weight excluding hydrogens is 722 g/mol. The Morgan fingerprint density at radius 1 is 1.05 bits per heavy atom. The smallest absolute Gasteiger partial charge is 0.408 e. The van der Waals surface area contributed by atoms with Crippen LogP contribution in [0.4, 0.5) is 9.18 Å². The highest BCUT2D eigenvalue weighted by Crippen LogP contribution is 2.39. The number of halogens is 1. The van der Waals surface area contributed by atoms with Gasteiger partial charge in [0, 0.05) is 33.1 Å². The number of rotatable bonds is 13. The number of amides is 1. The lowest BCUT2D eigenvalue weighted by Gasteiger charge is -2.30. The van der Waals surface area contributed by atoms with Gasteiger partial charge in [-0.15, -0.1) is 0 Å². The molecule has 5 aromatic rings. The maximum absolute atomic E-state index is 15.7. The zero-order valence-electron chi connectivity index (χ0n) is 31.8. The first-order valence-electron chi connectivity index (χ1n) is 18.9. The van der Waals surface area contributed by atoms with Crippen molar-refractivity contribution in [2.75, 3.05) is 13.2 Å². The number of aryl methyl sites for hydroxylation is 1. The number of ether oxygens (including phenoxy) is 3. The topological polar surface area (TPSA) is 141 Å². The fourth-order valence-electron chi connectivity index (χ4n) is 7.33. The van der Waals surface area contributed by atoms with Gasteiger partial charge in [0.25, 0.3) is 0 Å². The first-order valence-corrected chi connectivity index (χ1v) is 22.6. The molecule has 4 heterocycles. The average molecular weight is 770 g/mol. The Morgan fingerprint density at radius 2 is 1.85 bits per heavy atom. The summed E-state index contributed by atoms with van der Waals surface area (Å²) in [5.74, 6) is -1.03. The highest BCUT2D eigenvalue weighted by Gasteiger charge is 2.39. The van der Waals surface area contributed by atoms with Crippen LogP contribution in [0.25, 0.3) is 33.5 Å². The van der Waals surface area contributed by atoms with E-state index in [1.54, 1.807) is 6.07 Å². The van der Waals surface area contributed by atoms with Gasteiger partial charge in [-0.1, -0.05) is 63.0 Å². The van der Waals surface area contributed by atoms with Crippen LogP contribution in [0.3, 0.4) is 0 Å². The van der Waals surface area contributed by atoms with Crippen molar-refractivity contribution in [1.29, 1.82) is 0 Å². The van der Waals surface area contributed by atoms with Crippen LogP contribution in [0, 0.1) is 5.82 Å². The Hall–Kier alpha value is -5.05. The summed E-state index contributed by atoms with van der Waals surface area (Å²) in [4.78, 5) is 30.4. The number of fused-ring (bicyclic) bond motifs is 2. The van der Waals surface area contributed by atoms with Gasteiger partial charge < -0.3 is 29.0 Å². The molecule has 3 aromatic carbocycles. The van der Waals surface area contributed by atoms with E-state index in [0.29, 0.717) is 42.5 Å². The summed E-state index contributed by atoms with van der Waals surface area (Å²) >= 11 is 0. The van der Waals surface area contributed by atoms with E-state index >= 15 is 4.39 Å². The van der Waals surface area contributed by atoms with Crippen LogP contribution in [0.1, 0.15) is 54.9 Å². The predicted octanol–water partition coefficient (Wildman–Crippen LogP) is 8.35. The van der Waals surface area contributed by atoms with Gasteiger partial charge in [-0.25, -0.2) is 23.6 Å². The summed E-state index contributed by atoms with van der Waals surface area (Å²) in [7, 11) is -1.41. The van der Waals surface area contributed by atoms with E-state index in [4.69, 9.17) is 24.3 Å². The third-order valence-electron chi connectivity index (χ3n) is 10.4. The summed E-state index contributed by atoms with van der Waals surface area (Å²) < 4.78 is 37.8. The molecule has 2 aliphatic rings. The molecule has 1 fully saturated rings. The van der Waals surface area contributed by atoms with E-state index in [0.717, 1.165) is 63.4 Å². The maximum atomic E-state index is 15.7. The van der Waals surface area contributed by atoms with Crippen LogP contribution >= 0.6 is 0 Å². The summed E-state index contributed by atoms with van der Waals surface area (Å²) in [5, 5.41) is 25.9. The summed E-state index contributed by atoms with van der Waals surface area (Å²) in [5.41, 5.74) is 5.82. The number of imidazole rings is 1. The molecule has 1 saturated heterocycles. The molecule has 0 aliphatic carbocycles. The van der Waals surface area contributed by atoms with Gasteiger partial charge in [-0.2, -0.15) is 5.10 Å². The minimum Gasteiger partial charge on any atom is -0.486 e. The normalized spacial score (nSPS) is 17.4. The lowest BCUT2D eigenvalue weighted by molar-refractivity contribution is -0.143. The van der Waals surface area contributed by atoms with Gasteiger partial charge in [0.05, 0.1) is 23.4 Å². The number of aromatic nitrogens is 4. The second-order valence-corrected chi connectivity index (χ2v) is 21.1. The van der Waals surface area contributed by atoms with Gasteiger partial charge in [-0.3, -0.25) is 4.90 Å². The van der Waals surface area contributed by atoms with Crippen molar-refractivity contribution < 1.29 is 38.4 Å². The first-order chi connectivity index (χ1) is 26.4. The summed E-state index contributed by atoms with van der Waals surface area (Å²) in [6.45, 7) is 10.1. The quantitative estimate of drug-likeness (QED) is 0.0893. The third-order valence-corrected chi connectivity index (χ3v) is 12.1. The van der Waals surface area contributed by atoms with Crippen LogP contribution in [0.5, 0.6) is 5.75 Å². The number of nitrogens with zero attached hydrogens (tertiary/aromatic N) is 5. The zero-order chi connectivity index (χ0) is 38.9. The minimum atomic E-state index is -1.41. The largest absolute Gasteiger partial charge is 0.486 e. The van der Waals surface area contributed by atoms with Crippen molar-refractivity contribution in [1.82, 2.24) is 24.2 Å². The Balaban J connectivity index is 1.32. The van der Waals surface area contributed by atoms with Crippen LogP contribution < -0.4 is 4.74 Å². The zero-order valence-corrected chi connectivity index (χ0v) is 32.8. The number of hydrogen-bond donors (Lipinski definition) is 2. The molecule has 1 amide bonds. The van der Waals surface area contributed by atoms with Gasteiger partial charge in [0.1, 0.15) is 25.1 Å². The van der Waals surface area contributed by atoms with Crippen molar-refractivity contribution in [3.63, 3.8) is 0 Å². The molecule has 12 nitrogen and oxygen atoms in total. The molecule has 2 aliphatic heterocycles. The number of benzene rings is 3. The minimum absolute atomic E-state index is 0.0865. The number of aliphatic carboxylic acids is 1. The first kappa shape index (κ1) is 38.2. The summed E-state index contributed by atoms with van der Waals surface area (Å²) in [6, 6.07) is 18.5. The molecule has 55 heavy (non-hydrogen) atoms. The van der Waals surface area contributed by atoms with Crippen LogP contribution in [0.15, 0.2) is 60.7 Å². The van der Waals surface area contributed by atoms with Crippen molar-refractivity contribution in [2.45, 2.75) is 96.9 Å². The lowest BCUT2D eigenvalue weighted by atomic mass is 9.96. The van der Waals surface area contributed by atoms with Crippen molar-refractivity contribution in [3.05, 3.63) is 89.0 Å². The molecule has 7 rings (SSSR count). The van der Waals surface area contributed by atoms with Crippen LogP contribution in [-0.4, -0.2) is 73.8 Å². The molecule has 0 bridgehead atoms. The predicted molar refractivity (Wildman–Crippen MR) is 208 cm³/mol. The van der Waals surface area contributed by atoms with Gasteiger partial charge >= 0.3 is 12.1 Å². The third kappa shape index (κ3) is 8.16. The van der Waals surface area contributed by atoms with E-state index < -0.39 is 32.0 Å². The van der Waals surface area contributed by atoms with E-state index in [9.17, 15) is 19.8 Å². The van der Waals surface area contributed by atoms with Crippen molar-refractivity contribution in [3.8, 4) is 28.4 Å². The Morgan fingerprint density at radius 3 is 2.55 bits per heavy atom. The van der Waals surface area contributed by atoms with Gasteiger partial charge in [-0.05, 0) is 78.2 Å². The number of hydrogen-bond acceptors (Lipinski definition) is 7. The fraction of sp³-hybridized carbons (Fsp3) is 0.415. The average Bonchev–Trinajstić information content (AvgIpc) is 3.73. The molecule has 2 aromatic heterocycles. The maximum Gasteiger partial charge on any atom is 0.408 e. The van der Waals surface area contributed by atoms with Crippen LogP contribution in [0.2, 0.25) is 25.7 Å². The fourth-order valence-corrected chi connectivity index (χ4v) is 8.08. The highest BCUT2D eigenvalue weighted by molar-refractivity contribution is 6.76. The van der Waals surface area contributed by atoms with Crippen molar-refractivity contribution in [2.24, 2.45) is 0 Å². The van der Waals surface area contributed by atoms with E-state index in [1.165, 1.54) is 6.07 Å². The molecule has 2 N–H and O–H groups in total. The number of carboxylic acid groups (broad SMARTS) is 2. The van der Waals surface area contributed by atoms with E-state index in [-0.39, 0.29) is 38.3 Å². The number of carbonyl (C=O) groups is 2. The Labute approximate surface area is 320 Å². The molecule has 2 atom stereocenters. The molecule has 0 spiro atoms. The molecule has 1 unspecified atom stereocenters. The van der Waals surface area contributed by atoms with E-state index in [2.05, 4.69) is 19.6 Å². The van der Waals surface area contributed by atoms with Gasteiger partial charge in [0.2, 0.25) is 0 Å². The highest BCUT2D eigenvalue weighted by atomic mass is 28.3. The SMILES string of the molecule is CCc1cc(OCc2ccccc2)c(F)cc1-c1ccc2c(-c3nc4c(n3COCC[Si](C)(C)C)CN(C(=O)O)[C@H](C(=O)O)C4)nn(C3CCCCO3)c2c1. The summed E-state index contributed by atoms with van der Waals surface area (Å²) in [6.07, 6.45) is 1.56. The Kier molecular flexibility index (Phi) is 11.1. The second-order valence-electron chi connectivity index (χ2n) is 15.5. The lowest BCUT2D eigenvalue weighted by Crippen LogP contribution is -2.48. The Bertz CT molecular complexity index is 2190. The van der Waals surface area contributed by atoms with Crippen LogP contribution in [-0.2, 0) is 47.0 Å². The molecule has 0 radical (unpaired) electrons. The van der Waals surface area contributed by atoms with Gasteiger partial charge in [0.15, 0.2) is 23.6 Å². The van der Waals surface area contributed by atoms with E-state index in [1.807, 2.05) is 64.7 Å². The second kappa shape index (κ2) is 16.0. The molecule has 290 valence electrons. The molecule has 14 heteroatoms. The monoisotopic (exact) mass is 769 g/mol. The standard InChI is InChI=1S/C41H48FN5O7Si/c1-5-27-20-36(54-24-26-11-7-6-8-12-26)31(42)21-30(27)28-14-15-29-33(19-28)47(37-13-9-10-16-53-37)44-38(29)39-43-32-22-34(40(48)49)45(41(50)51)23-35(32)46(39)25-52-17-18-55(2,3)4/h6-8,11-12,14-15,19-21,34,37H,5,9-10,13,16-18,22-25H2,1-4H3,(H,48,49)(H,50,51)/t34-,37?/m0/s1. The molecular formula is C41H48FN5O7Si. The van der Waals surface area contributed by atoms with Crippen molar-refractivity contribution >= 4 is 31.0 Å².